The number of hydrogen-bond acceptors (Lipinski definition) is 4. The van der Waals surface area contributed by atoms with Crippen LogP contribution in [0.15, 0.2) is 24.3 Å². The molecule has 8 bridgehead atoms. The summed E-state index contributed by atoms with van der Waals surface area (Å²) >= 11 is 0. The van der Waals surface area contributed by atoms with Crippen molar-refractivity contribution in [3.8, 4) is 22.3 Å². The lowest BCUT2D eigenvalue weighted by atomic mass is 9.92. The average Bonchev–Trinajstić information content (AvgIpc) is 3.74. The molecule has 4 aliphatic rings. The van der Waals surface area contributed by atoms with E-state index in [4.69, 9.17) is 19.9 Å². The number of fused-ring (bicyclic) bond motifs is 9. The quantitative estimate of drug-likeness (QED) is 0.227. The zero-order valence-electron chi connectivity index (χ0n) is 24.7. The molecule has 0 aliphatic carbocycles. The van der Waals surface area contributed by atoms with E-state index in [1.165, 1.54) is 33.4 Å². The van der Waals surface area contributed by atoms with Crippen molar-refractivity contribution in [2.45, 2.75) is 41.5 Å². The van der Waals surface area contributed by atoms with Crippen LogP contribution in [0.2, 0.25) is 0 Å². The van der Waals surface area contributed by atoms with Crippen LogP contribution >= 0.6 is 0 Å². The molecule has 206 valence electrons. The fourth-order valence-electron chi connectivity index (χ4n) is 6.48. The summed E-state index contributed by atoms with van der Waals surface area (Å²) in [4.78, 5) is 20.2. The van der Waals surface area contributed by atoms with E-state index in [0.717, 1.165) is 56.4 Å². The Bertz CT molecular complexity index is 1850. The molecule has 0 spiro atoms. The summed E-state index contributed by atoms with van der Waals surface area (Å²) in [6, 6.07) is 8.88. The SMILES string of the molecule is Cc1cc(C)c(-c2c3nc([nH][nH]c4nc(c(-c5c(C)cc(C)cc5C)c5nc(c6nc2C=C6)C=C5)C=C4)C=C3)c(C)c1. The number of aromatic nitrogens is 6. The highest BCUT2D eigenvalue weighted by molar-refractivity contribution is 5.93. The van der Waals surface area contributed by atoms with Crippen LogP contribution in [-0.4, -0.2) is 30.1 Å². The lowest BCUT2D eigenvalue weighted by molar-refractivity contribution is 0.956. The van der Waals surface area contributed by atoms with Crippen molar-refractivity contribution in [1.82, 2.24) is 30.1 Å². The Morgan fingerprint density at radius 2 is 0.667 bits per heavy atom. The minimum atomic E-state index is 0.711. The van der Waals surface area contributed by atoms with Crippen molar-refractivity contribution >= 4 is 48.6 Å². The fourth-order valence-corrected chi connectivity index (χ4v) is 6.48. The molecular weight excluding hydrogens is 516 g/mol. The van der Waals surface area contributed by atoms with Crippen molar-refractivity contribution in [3.05, 3.63) is 103 Å². The van der Waals surface area contributed by atoms with Crippen molar-refractivity contribution < 1.29 is 0 Å². The Morgan fingerprint density at radius 1 is 0.357 bits per heavy atom. The predicted molar refractivity (Wildman–Crippen MR) is 174 cm³/mol. The third-order valence-corrected chi connectivity index (χ3v) is 8.02. The molecular formula is C36H32N6. The van der Waals surface area contributed by atoms with Crippen molar-refractivity contribution in [3.63, 3.8) is 0 Å². The van der Waals surface area contributed by atoms with Gasteiger partial charge in [0.1, 0.15) is 11.6 Å². The predicted octanol–water partition coefficient (Wildman–Crippen LogP) is 8.42. The third-order valence-electron chi connectivity index (χ3n) is 8.02. The number of nitrogens with zero attached hydrogens (tertiary/aromatic N) is 4. The summed E-state index contributed by atoms with van der Waals surface area (Å²) in [6.07, 6.45) is 16.3. The Labute approximate surface area is 245 Å². The highest BCUT2D eigenvalue weighted by atomic mass is 15.2. The molecule has 5 heterocycles. The number of nitrogens with one attached hydrogen (secondary N) is 2. The van der Waals surface area contributed by atoms with Crippen LogP contribution in [0.5, 0.6) is 0 Å². The highest BCUT2D eigenvalue weighted by Crippen LogP contribution is 2.38. The molecule has 0 saturated carbocycles. The Kier molecular flexibility index (Phi) is 6.01. The van der Waals surface area contributed by atoms with E-state index < -0.39 is 0 Å². The fraction of sp³-hybridized carbons (Fsp3) is 0.167. The summed E-state index contributed by atoms with van der Waals surface area (Å²) in [5.74, 6) is 1.42. The van der Waals surface area contributed by atoms with Crippen LogP contribution in [0, 0.1) is 41.5 Å². The van der Waals surface area contributed by atoms with Gasteiger partial charge in [0.05, 0.1) is 34.2 Å². The van der Waals surface area contributed by atoms with Crippen LogP contribution in [-0.2, 0) is 0 Å². The van der Waals surface area contributed by atoms with Gasteiger partial charge in [0, 0.05) is 11.1 Å². The maximum Gasteiger partial charge on any atom is 0.145 e. The second-order valence-electron chi connectivity index (χ2n) is 11.4. The molecule has 2 aromatic carbocycles. The zero-order chi connectivity index (χ0) is 29.1. The first-order valence-corrected chi connectivity index (χ1v) is 14.2. The van der Waals surface area contributed by atoms with E-state index >= 15 is 0 Å². The molecule has 4 aliphatic heterocycles. The minimum Gasteiger partial charge on any atom is -0.283 e. The molecule has 0 radical (unpaired) electrons. The highest BCUT2D eigenvalue weighted by Gasteiger charge is 2.21. The topological polar surface area (TPSA) is 83.1 Å². The maximum atomic E-state index is 5.14. The molecule has 3 aromatic rings. The molecule has 0 fully saturated rings. The van der Waals surface area contributed by atoms with Gasteiger partial charge in [-0.1, -0.05) is 35.4 Å². The first kappa shape index (κ1) is 25.8. The van der Waals surface area contributed by atoms with Gasteiger partial charge in [0.2, 0.25) is 0 Å². The van der Waals surface area contributed by atoms with E-state index in [9.17, 15) is 0 Å². The van der Waals surface area contributed by atoms with Gasteiger partial charge in [-0.15, -0.1) is 0 Å². The number of benzene rings is 2. The van der Waals surface area contributed by atoms with Gasteiger partial charge in [0.15, 0.2) is 0 Å². The van der Waals surface area contributed by atoms with Crippen LogP contribution in [0.1, 0.15) is 79.2 Å². The number of hydrogen-bond donors (Lipinski definition) is 2. The van der Waals surface area contributed by atoms with Gasteiger partial charge in [-0.25, -0.2) is 19.9 Å². The monoisotopic (exact) mass is 548 g/mol. The van der Waals surface area contributed by atoms with Crippen molar-refractivity contribution in [1.29, 1.82) is 0 Å². The van der Waals surface area contributed by atoms with Crippen molar-refractivity contribution in [2.24, 2.45) is 0 Å². The first-order chi connectivity index (χ1) is 20.2. The van der Waals surface area contributed by atoms with Crippen LogP contribution in [0.25, 0.3) is 70.9 Å². The largest absolute Gasteiger partial charge is 0.283 e. The van der Waals surface area contributed by atoms with Crippen LogP contribution in [0.4, 0.5) is 0 Å². The molecule has 0 unspecified atom stereocenters. The van der Waals surface area contributed by atoms with E-state index in [1.807, 2.05) is 24.3 Å². The van der Waals surface area contributed by atoms with E-state index in [2.05, 4.69) is 100 Å². The first-order valence-electron chi connectivity index (χ1n) is 14.2. The summed E-state index contributed by atoms with van der Waals surface area (Å²) in [6.45, 7) is 12.9. The van der Waals surface area contributed by atoms with Crippen molar-refractivity contribution in [2.75, 3.05) is 0 Å². The van der Waals surface area contributed by atoms with Gasteiger partial charge >= 0.3 is 0 Å². The van der Waals surface area contributed by atoms with Gasteiger partial charge < -0.3 is 0 Å². The maximum absolute atomic E-state index is 5.14. The average molecular weight is 549 g/mol. The summed E-state index contributed by atoms with van der Waals surface area (Å²) < 4.78 is 0. The molecule has 2 N–H and O–H groups in total. The van der Waals surface area contributed by atoms with Gasteiger partial charge in [0.25, 0.3) is 0 Å². The lowest BCUT2D eigenvalue weighted by Gasteiger charge is -2.13. The van der Waals surface area contributed by atoms with Gasteiger partial charge in [-0.2, -0.15) is 0 Å². The van der Waals surface area contributed by atoms with Crippen LogP contribution < -0.4 is 0 Å². The van der Waals surface area contributed by atoms with Gasteiger partial charge in [-0.05, 0) is 124 Å². The Hall–Kier alpha value is -5.10. The number of aromatic amines is 2. The number of aryl methyl sites for hydroxylation is 6. The second-order valence-corrected chi connectivity index (χ2v) is 11.4. The van der Waals surface area contributed by atoms with E-state index in [1.54, 1.807) is 0 Å². The normalized spacial score (nSPS) is 13.1. The lowest BCUT2D eigenvalue weighted by Crippen LogP contribution is -1.97. The number of rotatable bonds is 2. The molecule has 6 nitrogen and oxygen atoms in total. The molecule has 0 atom stereocenters. The zero-order valence-corrected chi connectivity index (χ0v) is 24.7. The van der Waals surface area contributed by atoms with E-state index in [-0.39, 0.29) is 0 Å². The summed E-state index contributed by atoms with van der Waals surface area (Å²) in [5.41, 5.74) is 16.7. The smallest absolute Gasteiger partial charge is 0.145 e. The van der Waals surface area contributed by atoms with E-state index in [0.29, 0.717) is 11.6 Å². The minimum absolute atomic E-state index is 0.711. The molecule has 42 heavy (non-hydrogen) atoms. The second kappa shape index (κ2) is 9.77. The molecule has 6 heteroatoms. The van der Waals surface area contributed by atoms with Gasteiger partial charge in [-0.3, -0.25) is 10.2 Å². The van der Waals surface area contributed by atoms with Crippen LogP contribution in [0.3, 0.4) is 0 Å². The number of H-pyrrole nitrogens is 2. The molecule has 0 amide bonds. The Balaban J connectivity index is 1.59. The molecule has 1 aromatic heterocycles. The summed E-state index contributed by atoms with van der Waals surface area (Å²) in [5, 5.41) is 6.51. The summed E-state index contributed by atoms with van der Waals surface area (Å²) in [7, 11) is 0. The Morgan fingerprint density at radius 3 is 1.05 bits per heavy atom. The molecule has 7 rings (SSSR count). The standard InChI is InChI=1S/C36H32N6/c1-19-15-21(3)33(22(4)16-19)35-27-9-7-25(37-27)26-8-10-28(38-26)36(34-23(5)17-20(2)18-24(34)6)30-12-14-32(40-30)42-41-31-13-11-29(35)39-31/h7-18H,1-6H3,(H,39,41)(H,40,42). The third kappa shape index (κ3) is 4.36. The molecule has 0 saturated heterocycles.